The molecule has 5 heteroatoms. The predicted molar refractivity (Wildman–Crippen MR) is 101 cm³/mol. The van der Waals surface area contributed by atoms with Crippen LogP contribution in [0.5, 0.6) is 5.75 Å². The number of carbonyl (C=O) groups excluding carboxylic acids is 1. The van der Waals surface area contributed by atoms with Crippen LogP contribution in [0, 0.1) is 0 Å². The molecule has 3 aromatic rings. The van der Waals surface area contributed by atoms with Crippen molar-refractivity contribution in [3.8, 4) is 16.3 Å². The van der Waals surface area contributed by atoms with Crippen LogP contribution in [0.4, 0.5) is 0 Å². The van der Waals surface area contributed by atoms with Crippen LogP contribution in [0.15, 0.2) is 60.0 Å². The van der Waals surface area contributed by atoms with Gasteiger partial charge in [0.25, 0.3) is 0 Å². The highest BCUT2D eigenvalue weighted by Gasteiger charge is 2.08. The van der Waals surface area contributed by atoms with Gasteiger partial charge in [-0.15, -0.1) is 11.3 Å². The van der Waals surface area contributed by atoms with E-state index in [0.29, 0.717) is 19.4 Å². The fourth-order valence-electron chi connectivity index (χ4n) is 2.44. The van der Waals surface area contributed by atoms with Crippen LogP contribution < -0.4 is 10.1 Å². The molecule has 0 fully saturated rings. The van der Waals surface area contributed by atoms with Gasteiger partial charge in [0.05, 0.1) is 12.8 Å². The molecule has 0 aliphatic rings. The van der Waals surface area contributed by atoms with Gasteiger partial charge >= 0.3 is 0 Å². The number of hydrogen-bond donors (Lipinski definition) is 1. The maximum atomic E-state index is 12.0. The molecule has 0 saturated heterocycles. The van der Waals surface area contributed by atoms with Gasteiger partial charge in [-0.2, -0.15) is 0 Å². The summed E-state index contributed by atoms with van der Waals surface area (Å²) in [4.78, 5) is 16.6. The zero-order valence-electron chi connectivity index (χ0n) is 14.1. The SMILES string of the molecule is COc1cccc(-c2nc(CCC(=O)NCc3ccccc3)cs2)c1. The first-order valence-electron chi connectivity index (χ1n) is 8.14. The molecule has 3 rings (SSSR count). The molecule has 0 saturated carbocycles. The molecule has 0 aliphatic heterocycles. The molecule has 0 atom stereocenters. The number of amides is 1. The molecule has 1 amide bonds. The van der Waals surface area contributed by atoms with Crippen LogP contribution in [-0.2, 0) is 17.8 Å². The molecular weight excluding hydrogens is 332 g/mol. The molecule has 0 unspecified atom stereocenters. The molecule has 0 aliphatic carbocycles. The van der Waals surface area contributed by atoms with Crippen molar-refractivity contribution < 1.29 is 9.53 Å². The number of thiazole rings is 1. The summed E-state index contributed by atoms with van der Waals surface area (Å²) in [5.74, 6) is 0.856. The first-order chi connectivity index (χ1) is 12.2. The van der Waals surface area contributed by atoms with E-state index in [9.17, 15) is 4.79 Å². The zero-order chi connectivity index (χ0) is 17.5. The second-order valence-electron chi connectivity index (χ2n) is 5.64. The van der Waals surface area contributed by atoms with Crippen molar-refractivity contribution in [2.24, 2.45) is 0 Å². The van der Waals surface area contributed by atoms with Crippen LogP contribution in [0.2, 0.25) is 0 Å². The maximum absolute atomic E-state index is 12.0. The quantitative estimate of drug-likeness (QED) is 0.697. The minimum Gasteiger partial charge on any atom is -0.497 e. The van der Waals surface area contributed by atoms with Crippen LogP contribution in [0.3, 0.4) is 0 Å². The average molecular weight is 352 g/mol. The van der Waals surface area contributed by atoms with Crippen molar-refractivity contribution in [1.29, 1.82) is 0 Å². The molecule has 1 aromatic heterocycles. The zero-order valence-corrected chi connectivity index (χ0v) is 14.9. The average Bonchev–Trinajstić information content (AvgIpc) is 3.15. The number of aryl methyl sites for hydroxylation is 1. The van der Waals surface area contributed by atoms with E-state index >= 15 is 0 Å². The highest BCUT2D eigenvalue weighted by Crippen LogP contribution is 2.27. The highest BCUT2D eigenvalue weighted by atomic mass is 32.1. The summed E-state index contributed by atoms with van der Waals surface area (Å²) in [6.45, 7) is 0.561. The monoisotopic (exact) mass is 352 g/mol. The van der Waals surface area contributed by atoms with E-state index in [4.69, 9.17) is 4.74 Å². The van der Waals surface area contributed by atoms with Gasteiger partial charge in [0, 0.05) is 23.9 Å². The number of nitrogens with one attached hydrogen (secondary N) is 1. The lowest BCUT2D eigenvalue weighted by molar-refractivity contribution is -0.121. The summed E-state index contributed by atoms with van der Waals surface area (Å²) in [6, 6.07) is 17.7. The maximum Gasteiger partial charge on any atom is 0.220 e. The lowest BCUT2D eigenvalue weighted by Gasteiger charge is -2.04. The Morgan fingerprint density at radius 1 is 1.16 bits per heavy atom. The summed E-state index contributed by atoms with van der Waals surface area (Å²) < 4.78 is 5.25. The Bertz CT molecular complexity index is 830. The van der Waals surface area contributed by atoms with E-state index in [1.165, 1.54) is 0 Å². The first kappa shape index (κ1) is 17.2. The number of aromatic nitrogens is 1. The van der Waals surface area contributed by atoms with Crippen molar-refractivity contribution in [2.45, 2.75) is 19.4 Å². The minimum absolute atomic E-state index is 0.0415. The van der Waals surface area contributed by atoms with Gasteiger partial charge in [-0.05, 0) is 24.1 Å². The van der Waals surface area contributed by atoms with Crippen molar-refractivity contribution in [3.63, 3.8) is 0 Å². The molecule has 4 nitrogen and oxygen atoms in total. The van der Waals surface area contributed by atoms with E-state index < -0.39 is 0 Å². The molecule has 25 heavy (non-hydrogen) atoms. The van der Waals surface area contributed by atoms with Crippen LogP contribution in [0.1, 0.15) is 17.7 Å². The van der Waals surface area contributed by atoms with Crippen molar-refractivity contribution in [1.82, 2.24) is 10.3 Å². The topological polar surface area (TPSA) is 51.2 Å². The number of nitrogens with zero attached hydrogens (tertiary/aromatic N) is 1. The van der Waals surface area contributed by atoms with Gasteiger partial charge in [0.1, 0.15) is 10.8 Å². The van der Waals surface area contributed by atoms with Crippen LogP contribution in [0.25, 0.3) is 10.6 Å². The predicted octanol–water partition coefficient (Wildman–Crippen LogP) is 4.07. The Morgan fingerprint density at radius 3 is 2.80 bits per heavy atom. The Morgan fingerprint density at radius 2 is 2.00 bits per heavy atom. The lowest BCUT2D eigenvalue weighted by Crippen LogP contribution is -2.22. The third-order valence-electron chi connectivity index (χ3n) is 3.81. The van der Waals surface area contributed by atoms with Crippen LogP contribution >= 0.6 is 11.3 Å². The van der Waals surface area contributed by atoms with E-state index in [2.05, 4.69) is 10.3 Å². The standard InChI is InChI=1S/C20H20N2O2S/c1-24-18-9-5-8-16(12-18)20-22-17(14-25-20)10-11-19(23)21-13-15-6-3-2-4-7-15/h2-9,12,14H,10-11,13H2,1H3,(H,21,23). The normalized spacial score (nSPS) is 10.4. The Hall–Kier alpha value is -2.66. The van der Waals surface area contributed by atoms with Gasteiger partial charge in [-0.25, -0.2) is 4.98 Å². The number of carbonyl (C=O) groups is 1. The largest absolute Gasteiger partial charge is 0.497 e. The van der Waals surface area contributed by atoms with Crippen LogP contribution in [-0.4, -0.2) is 18.0 Å². The van der Waals surface area contributed by atoms with Gasteiger partial charge in [0.15, 0.2) is 0 Å². The van der Waals surface area contributed by atoms with Gasteiger partial charge in [0.2, 0.25) is 5.91 Å². The molecule has 1 heterocycles. The van der Waals surface area contributed by atoms with Crippen molar-refractivity contribution in [3.05, 3.63) is 71.2 Å². The fraction of sp³-hybridized carbons (Fsp3) is 0.200. The lowest BCUT2D eigenvalue weighted by atomic mass is 10.2. The molecule has 2 aromatic carbocycles. The van der Waals surface area contributed by atoms with Crippen molar-refractivity contribution >= 4 is 17.2 Å². The van der Waals surface area contributed by atoms with E-state index in [1.54, 1.807) is 18.4 Å². The van der Waals surface area contributed by atoms with E-state index in [-0.39, 0.29) is 5.91 Å². The number of ether oxygens (including phenoxy) is 1. The second kappa shape index (κ2) is 8.44. The minimum atomic E-state index is 0.0415. The van der Waals surface area contributed by atoms with E-state index in [0.717, 1.165) is 27.6 Å². The third kappa shape index (κ3) is 4.90. The smallest absolute Gasteiger partial charge is 0.220 e. The molecule has 1 N–H and O–H groups in total. The Kier molecular flexibility index (Phi) is 5.80. The first-order valence-corrected chi connectivity index (χ1v) is 9.02. The summed E-state index contributed by atoms with van der Waals surface area (Å²) >= 11 is 1.59. The van der Waals surface area contributed by atoms with Gasteiger partial charge in [-0.3, -0.25) is 4.79 Å². The molecule has 0 spiro atoms. The Balaban J connectivity index is 1.52. The van der Waals surface area contributed by atoms with E-state index in [1.807, 2.05) is 60.0 Å². The summed E-state index contributed by atoms with van der Waals surface area (Å²) in [5.41, 5.74) is 3.08. The second-order valence-corrected chi connectivity index (χ2v) is 6.50. The summed E-state index contributed by atoms with van der Waals surface area (Å²) in [6.07, 6.45) is 1.08. The molecule has 0 radical (unpaired) electrons. The Labute approximate surface area is 151 Å². The number of benzene rings is 2. The van der Waals surface area contributed by atoms with Gasteiger partial charge < -0.3 is 10.1 Å². The third-order valence-corrected chi connectivity index (χ3v) is 4.75. The summed E-state index contributed by atoms with van der Waals surface area (Å²) in [7, 11) is 1.65. The fourth-order valence-corrected chi connectivity index (χ4v) is 3.29. The molecule has 128 valence electrons. The number of hydrogen-bond acceptors (Lipinski definition) is 4. The van der Waals surface area contributed by atoms with Gasteiger partial charge in [-0.1, -0.05) is 42.5 Å². The number of rotatable bonds is 7. The molecular formula is C20H20N2O2S. The van der Waals surface area contributed by atoms with Crippen molar-refractivity contribution in [2.75, 3.05) is 7.11 Å². The highest BCUT2D eigenvalue weighted by molar-refractivity contribution is 7.13. The molecule has 0 bridgehead atoms. The summed E-state index contributed by atoms with van der Waals surface area (Å²) in [5, 5.41) is 5.90. The number of methoxy groups -OCH3 is 1.